The summed E-state index contributed by atoms with van der Waals surface area (Å²) in [5.74, 6) is 3.73. The van der Waals surface area contributed by atoms with Crippen molar-refractivity contribution in [3.63, 3.8) is 0 Å². The first-order valence-corrected chi connectivity index (χ1v) is 9.26. The third-order valence-corrected chi connectivity index (χ3v) is 5.35. The molecule has 0 radical (unpaired) electrons. The summed E-state index contributed by atoms with van der Waals surface area (Å²) >= 11 is 1.89. The van der Waals surface area contributed by atoms with Crippen LogP contribution in [0.2, 0.25) is 0 Å². The zero-order chi connectivity index (χ0) is 15.8. The Bertz CT molecular complexity index is 716. The number of benzene rings is 1. The van der Waals surface area contributed by atoms with Gasteiger partial charge in [0.2, 0.25) is 6.79 Å². The normalized spacial score (nSPS) is 18.0. The van der Waals surface area contributed by atoms with Crippen LogP contribution in [-0.2, 0) is 13.0 Å². The molecule has 0 spiro atoms. The van der Waals surface area contributed by atoms with Crippen LogP contribution in [0.1, 0.15) is 18.2 Å². The smallest absolute Gasteiger partial charge is 0.231 e. The fraction of sp³-hybridized carbons (Fsp3) is 0.471. The van der Waals surface area contributed by atoms with Gasteiger partial charge in [-0.2, -0.15) is 11.8 Å². The highest BCUT2D eigenvalue weighted by Gasteiger charge is 2.28. The molecule has 23 heavy (non-hydrogen) atoms. The van der Waals surface area contributed by atoms with Gasteiger partial charge in [-0.15, -0.1) is 0 Å². The molecule has 0 N–H and O–H groups in total. The molecule has 1 aromatic heterocycles. The Morgan fingerprint density at radius 2 is 2.17 bits per heavy atom. The number of hydrogen-bond acceptors (Lipinski definition) is 6. The molecule has 2 aliphatic rings. The van der Waals surface area contributed by atoms with Crippen molar-refractivity contribution >= 4 is 11.8 Å². The number of hydrogen-bond donors (Lipinski definition) is 0. The summed E-state index contributed by atoms with van der Waals surface area (Å²) in [6, 6.07) is 6.51. The van der Waals surface area contributed by atoms with Gasteiger partial charge in [-0.05, 0) is 31.4 Å². The first-order chi connectivity index (χ1) is 11.3. The van der Waals surface area contributed by atoms with Crippen molar-refractivity contribution in [1.29, 1.82) is 0 Å². The van der Waals surface area contributed by atoms with E-state index in [9.17, 15) is 0 Å². The monoisotopic (exact) mass is 332 g/mol. The quantitative estimate of drug-likeness (QED) is 0.857. The summed E-state index contributed by atoms with van der Waals surface area (Å²) in [4.78, 5) is 2.51. The highest BCUT2D eigenvalue weighted by molar-refractivity contribution is 7.98. The molecule has 1 aromatic carbocycles. The standard InChI is InChI=1S/C17H20N2O3S/c1-11(9-23-2)19-6-5-14-13(8-19)17(18-22-14)12-3-4-15-16(7-12)21-10-20-15/h3-4,7,11H,5-6,8-10H2,1-2H3/t11-/m1/s1. The summed E-state index contributed by atoms with van der Waals surface area (Å²) in [5.41, 5.74) is 3.17. The minimum absolute atomic E-state index is 0.287. The lowest BCUT2D eigenvalue weighted by Crippen LogP contribution is -2.38. The van der Waals surface area contributed by atoms with Crippen LogP contribution in [0.15, 0.2) is 22.7 Å². The van der Waals surface area contributed by atoms with Crippen molar-refractivity contribution in [3.05, 3.63) is 29.5 Å². The van der Waals surface area contributed by atoms with Crippen LogP contribution >= 0.6 is 11.8 Å². The Balaban J connectivity index is 1.64. The average molecular weight is 332 g/mol. The maximum absolute atomic E-state index is 5.59. The van der Waals surface area contributed by atoms with Gasteiger partial charge < -0.3 is 14.0 Å². The van der Waals surface area contributed by atoms with Gasteiger partial charge >= 0.3 is 0 Å². The lowest BCUT2D eigenvalue weighted by Gasteiger charge is -2.31. The van der Waals surface area contributed by atoms with Gasteiger partial charge in [0.15, 0.2) is 11.5 Å². The van der Waals surface area contributed by atoms with Crippen LogP contribution in [0.5, 0.6) is 11.5 Å². The fourth-order valence-electron chi connectivity index (χ4n) is 3.22. The molecule has 0 fully saturated rings. The van der Waals surface area contributed by atoms with E-state index in [4.69, 9.17) is 14.0 Å². The van der Waals surface area contributed by atoms with Gasteiger partial charge in [0.25, 0.3) is 0 Å². The molecule has 4 rings (SSSR count). The van der Waals surface area contributed by atoms with E-state index >= 15 is 0 Å². The second-order valence-corrected chi connectivity index (χ2v) is 6.94. The third-order valence-electron chi connectivity index (χ3n) is 4.53. The Hall–Kier alpha value is -1.66. The molecule has 2 aliphatic heterocycles. The van der Waals surface area contributed by atoms with Crippen LogP contribution < -0.4 is 9.47 Å². The molecule has 3 heterocycles. The molecule has 5 nitrogen and oxygen atoms in total. The third kappa shape index (κ3) is 2.70. The first kappa shape index (κ1) is 14.9. The van der Waals surface area contributed by atoms with E-state index in [1.165, 1.54) is 5.56 Å². The number of nitrogens with zero attached hydrogens (tertiary/aromatic N) is 2. The SMILES string of the molecule is CSC[C@@H](C)N1CCc2onc(-c3ccc4c(c3)OCO4)c2C1. The van der Waals surface area contributed by atoms with E-state index in [1.54, 1.807) is 0 Å². The Labute approximate surface area is 139 Å². The van der Waals surface area contributed by atoms with Gasteiger partial charge in [0, 0.05) is 42.4 Å². The van der Waals surface area contributed by atoms with Gasteiger partial charge in [0.05, 0.1) is 0 Å². The molecular formula is C17H20N2O3S. The zero-order valence-corrected chi connectivity index (χ0v) is 14.2. The second kappa shape index (κ2) is 6.09. The largest absolute Gasteiger partial charge is 0.454 e. The Morgan fingerprint density at radius 1 is 1.30 bits per heavy atom. The topological polar surface area (TPSA) is 47.7 Å². The molecule has 0 aliphatic carbocycles. The second-order valence-electron chi connectivity index (χ2n) is 6.03. The highest BCUT2D eigenvalue weighted by atomic mass is 32.2. The van der Waals surface area contributed by atoms with Gasteiger partial charge in [-0.1, -0.05) is 5.16 Å². The highest BCUT2D eigenvalue weighted by Crippen LogP contribution is 2.38. The van der Waals surface area contributed by atoms with E-state index in [0.717, 1.165) is 53.8 Å². The Morgan fingerprint density at radius 3 is 3.04 bits per heavy atom. The van der Waals surface area contributed by atoms with Crippen molar-refractivity contribution < 1.29 is 14.0 Å². The molecule has 122 valence electrons. The van der Waals surface area contributed by atoms with E-state index in [0.29, 0.717) is 6.04 Å². The summed E-state index contributed by atoms with van der Waals surface area (Å²) < 4.78 is 16.5. The molecule has 2 aromatic rings. The van der Waals surface area contributed by atoms with Crippen molar-refractivity contribution in [3.8, 4) is 22.8 Å². The molecule has 0 saturated heterocycles. The van der Waals surface area contributed by atoms with E-state index in [1.807, 2.05) is 30.0 Å². The molecule has 6 heteroatoms. The molecule has 1 atom stereocenters. The number of thioether (sulfide) groups is 1. The Kier molecular flexibility index (Phi) is 3.95. The van der Waals surface area contributed by atoms with Crippen molar-refractivity contribution in [2.24, 2.45) is 0 Å². The molecular weight excluding hydrogens is 312 g/mol. The summed E-state index contributed by atoms with van der Waals surface area (Å²) in [6.07, 6.45) is 3.08. The van der Waals surface area contributed by atoms with Crippen LogP contribution in [0.3, 0.4) is 0 Å². The minimum Gasteiger partial charge on any atom is -0.454 e. The molecule has 0 bridgehead atoms. The fourth-order valence-corrected chi connectivity index (χ4v) is 3.92. The van der Waals surface area contributed by atoms with Crippen molar-refractivity contribution in [1.82, 2.24) is 10.1 Å². The number of aromatic nitrogens is 1. The lowest BCUT2D eigenvalue weighted by molar-refractivity contribution is 0.174. The zero-order valence-electron chi connectivity index (χ0n) is 13.4. The summed E-state index contributed by atoms with van der Waals surface area (Å²) in [6.45, 7) is 4.50. The predicted molar refractivity (Wildman–Crippen MR) is 90.0 cm³/mol. The van der Waals surface area contributed by atoms with Crippen LogP contribution in [0.4, 0.5) is 0 Å². The molecule has 0 saturated carbocycles. The van der Waals surface area contributed by atoms with Crippen molar-refractivity contribution in [2.45, 2.75) is 25.9 Å². The summed E-state index contributed by atoms with van der Waals surface area (Å²) in [7, 11) is 0. The maximum Gasteiger partial charge on any atom is 0.231 e. The number of fused-ring (bicyclic) bond motifs is 2. The van der Waals surface area contributed by atoms with E-state index in [2.05, 4.69) is 23.2 Å². The molecule has 0 amide bonds. The number of rotatable bonds is 4. The van der Waals surface area contributed by atoms with Gasteiger partial charge in [0.1, 0.15) is 11.5 Å². The predicted octanol–water partition coefficient (Wildman–Crippen LogP) is 3.18. The van der Waals surface area contributed by atoms with Crippen LogP contribution in [0.25, 0.3) is 11.3 Å². The van der Waals surface area contributed by atoms with E-state index in [-0.39, 0.29) is 6.79 Å². The minimum atomic E-state index is 0.287. The van der Waals surface area contributed by atoms with Gasteiger partial charge in [-0.25, -0.2) is 0 Å². The lowest BCUT2D eigenvalue weighted by atomic mass is 10.0. The first-order valence-electron chi connectivity index (χ1n) is 7.86. The van der Waals surface area contributed by atoms with Crippen LogP contribution in [0, 0.1) is 0 Å². The maximum atomic E-state index is 5.59. The molecule has 0 unspecified atom stereocenters. The van der Waals surface area contributed by atoms with Gasteiger partial charge in [-0.3, -0.25) is 4.90 Å². The van der Waals surface area contributed by atoms with E-state index < -0.39 is 0 Å². The average Bonchev–Trinajstić information content (AvgIpc) is 3.20. The number of ether oxygens (including phenoxy) is 2. The van der Waals surface area contributed by atoms with Crippen LogP contribution in [-0.4, -0.2) is 41.4 Å². The summed E-state index contributed by atoms with van der Waals surface area (Å²) in [5, 5.41) is 4.33. The van der Waals surface area contributed by atoms with Crippen molar-refractivity contribution in [2.75, 3.05) is 25.3 Å².